The van der Waals surface area contributed by atoms with Crippen LogP contribution < -0.4 is 11.1 Å². The van der Waals surface area contributed by atoms with Crippen molar-refractivity contribution in [3.63, 3.8) is 0 Å². The van der Waals surface area contributed by atoms with E-state index in [9.17, 15) is 9.18 Å². The number of aromatic nitrogens is 4. The zero-order valence-electron chi connectivity index (χ0n) is 15.0. The van der Waals surface area contributed by atoms with Crippen LogP contribution in [-0.4, -0.2) is 26.1 Å². The van der Waals surface area contributed by atoms with Crippen LogP contribution in [0.25, 0.3) is 11.3 Å². The van der Waals surface area contributed by atoms with E-state index < -0.39 is 17.3 Å². The monoisotopic (exact) mass is 366 g/mol. The van der Waals surface area contributed by atoms with Crippen LogP contribution in [0.5, 0.6) is 0 Å². The first-order valence-electron chi connectivity index (χ1n) is 8.32. The number of nitrogens with two attached hydrogens (primary N) is 1. The highest BCUT2D eigenvalue weighted by molar-refractivity contribution is 5.77. The molecule has 3 N–H and O–H groups in total. The van der Waals surface area contributed by atoms with Crippen LogP contribution in [0, 0.1) is 5.82 Å². The molecule has 3 rings (SSSR count). The van der Waals surface area contributed by atoms with Crippen LogP contribution in [0.4, 0.5) is 10.3 Å². The van der Waals surface area contributed by atoms with Crippen LogP contribution in [0.2, 0.25) is 0 Å². The lowest BCUT2D eigenvalue weighted by molar-refractivity contribution is -0.117. The molecule has 0 bridgehead atoms. The minimum absolute atomic E-state index is 0.151. The number of hydrogen-bond acceptors (Lipinski definition) is 6. The molecule has 1 amide bonds. The Morgan fingerprint density at radius 1 is 1.19 bits per heavy atom. The third-order valence-corrected chi connectivity index (χ3v) is 3.94. The van der Waals surface area contributed by atoms with Crippen molar-refractivity contribution >= 4 is 11.9 Å². The Bertz CT molecular complexity index is 958. The van der Waals surface area contributed by atoms with Gasteiger partial charge in [0.2, 0.25) is 11.9 Å². The Morgan fingerprint density at radius 2 is 2.00 bits per heavy atom. The summed E-state index contributed by atoms with van der Waals surface area (Å²) < 4.78 is 14.0. The second-order valence-electron chi connectivity index (χ2n) is 6.59. The molecule has 8 heteroatoms. The van der Waals surface area contributed by atoms with Crippen molar-refractivity contribution in [1.29, 1.82) is 0 Å². The number of hydrogen-bond donors (Lipinski definition) is 2. The summed E-state index contributed by atoms with van der Waals surface area (Å²) in [5.74, 6) is -0.562. The Morgan fingerprint density at radius 3 is 2.67 bits per heavy atom. The molecular formula is C19H19FN6O. The highest BCUT2D eigenvalue weighted by atomic mass is 19.1. The number of halogens is 1. The topological polar surface area (TPSA) is 107 Å². The molecule has 0 unspecified atom stereocenters. The van der Waals surface area contributed by atoms with Gasteiger partial charge in [-0.1, -0.05) is 18.2 Å². The number of primary amides is 1. The van der Waals surface area contributed by atoms with Crippen LogP contribution >= 0.6 is 0 Å². The highest BCUT2D eigenvalue weighted by Crippen LogP contribution is 2.24. The van der Waals surface area contributed by atoms with E-state index in [1.165, 1.54) is 18.3 Å². The predicted octanol–water partition coefficient (Wildman–Crippen LogP) is 2.45. The summed E-state index contributed by atoms with van der Waals surface area (Å²) >= 11 is 0. The Labute approximate surface area is 155 Å². The van der Waals surface area contributed by atoms with Crippen molar-refractivity contribution in [2.45, 2.75) is 25.8 Å². The van der Waals surface area contributed by atoms with E-state index in [1.54, 1.807) is 20.0 Å². The van der Waals surface area contributed by atoms with Gasteiger partial charge in [0, 0.05) is 11.8 Å². The van der Waals surface area contributed by atoms with Gasteiger partial charge in [-0.15, -0.1) is 10.2 Å². The van der Waals surface area contributed by atoms with Gasteiger partial charge in [0.05, 0.1) is 18.2 Å². The van der Waals surface area contributed by atoms with E-state index in [2.05, 4.69) is 25.5 Å². The average Bonchev–Trinajstić information content (AvgIpc) is 2.62. The van der Waals surface area contributed by atoms with Gasteiger partial charge < -0.3 is 11.1 Å². The van der Waals surface area contributed by atoms with Crippen LogP contribution in [0.15, 0.2) is 48.8 Å². The normalized spacial score (nSPS) is 11.2. The number of carbonyl (C=O) groups excluding carboxylic acids is 1. The molecular weight excluding hydrogens is 347 g/mol. The number of pyridine rings is 1. The summed E-state index contributed by atoms with van der Waals surface area (Å²) in [4.78, 5) is 19.4. The minimum atomic E-state index is -0.823. The molecule has 138 valence electrons. The molecule has 0 radical (unpaired) electrons. The lowest BCUT2D eigenvalue weighted by Crippen LogP contribution is -2.31. The van der Waals surface area contributed by atoms with Gasteiger partial charge in [-0.05, 0) is 37.6 Å². The first-order chi connectivity index (χ1) is 12.8. The number of benzene rings is 1. The Balaban J connectivity index is 1.80. The lowest BCUT2D eigenvalue weighted by atomic mass is 9.99. The molecule has 2 aromatic heterocycles. The standard InChI is InChI=1S/C19H19FN6O/c1-19(2,17-14(20)7-4-8-22-17)24-18-23-11-15(25-26-18)13-6-3-5-12(9-13)10-16(21)27/h3-9,11H,10H2,1-2H3,(H2,21,27)(H,23,24,26). The van der Waals surface area contributed by atoms with E-state index in [1.807, 2.05) is 24.3 Å². The van der Waals surface area contributed by atoms with Gasteiger partial charge in [0.1, 0.15) is 17.2 Å². The van der Waals surface area contributed by atoms with Crippen molar-refractivity contribution in [2.24, 2.45) is 5.73 Å². The molecule has 0 spiro atoms. The predicted molar refractivity (Wildman–Crippen MR) is 99.0 cm³/mol. The van der Waals surface area contributed by atoms with E-state index >= 15 is 0 Å². The van der Waals surface area contributed by atoms with Gasteiger partial charge in [-0.2, -0.15) is 0 Å². The summed E-state index contributed by atoms with van der Waals surface area (Å²) in [6.07, 6.45) is 3.24. The molecule has 0 saturated heterocycles. The average molecular weight is 366 g/mol. The fourth-order valence-electron chi connectivity index (χ4n) is 2.69. The Kier molecular flexibility index (Phi) is 5.07. The zero-order chi connectivity index (χ0) is 19.4. The minimum Gasteiger partial charge on any atom is -0.369 e. The van der Waals surface area contributed by atoms with Gasteiger partial charge in [-0.25, -0.2) is 9.37 Å². The number of anilines is 1. The summed E-state index contributed by atoms with van der Waals surface area (Å²) in [7, 11) is 0. The molecule has 0 atom stereocenters. The third kappa shape index (κ3) is 4.41. The first-order valence-corrected chi connectivity index (χ1v) is 8.32. The van der Waals surface area contributed by atoms with Gasteiger partial charge in [-0.3, -0.25) is 9.78 Å². The largest absolute Gasteiger partial charge is 0.369 e. The van der Waals surface area contributed by atoms with E-state index in [4.69, 9.17) is 5.73 Å². The molecule has 7 nitrogen and oxygen atoms in total. The molecule has 0 saturated carbocycles. The third-order valence-electron chi connectivity index (χ3n) is 3.94. The van der Waals surface area contributed by atoms with E-state index in [0.717, 1.165) is 11.1 Å². The summed E-state index contributed by atoms with van der Waals surface area (Å²) in [6.45, 7) is 3.56. The molecule has 3 aromatic rings. The zero-order valence-corrected chi connectivity index (χ0v) is 15.0. The van der Waals surface area contributed by atoms with Gasteiger partial charge in [0.15, 0.2) is 0 Å². The SMILES string of the molecule is CC(C)(Nc1ncc(-c2cccc(CC(N)=O)c2)nn1)c1ncccc1F. The number of carbonyl (C=O) groups is 1. The van der Waals surface area contributed by atoms with Crippen LogP contribution in [0.3, 0.4) is 0 Å². The van der Waals surface area contributed by atoms with Gasteiger partial charge in [0.25, 0.3) is 0 Å². The smallest absolute Gasteiger partial charge is 0.243 e. The summed E-state index contributed by atoms with van der Waals surface area (Å²) in [5.41, 5.74) is 6.78. The fourth-order valence-corrected chi connectivity index (χ4v) is 2.69. The summed E-state index contributed by atoms with van der Waals surface area (Å²) in [5, 5.41) is 11.3. The maximum absolute atomic E-state index is 14.0. The molecule has 1 aromatic carbocycles. The van der Waals surface area contributed by atoms with E-state index in [0.29, 0.717) is 5.69 Å². The first kappa shape index (κ1) is 18.4. The molecule has 0 aliphatic carbocycles. The fraction of sp³-hybridized carbons (Fsp3) is 0.211. The van der Waals surface area contributed by atoms with Crippen molar-refractivity contribution in [1.82, 2.24) is 20.2 Å². The number of nitrogens with zero attached hydrogens (tertiary/aromatic N) is 4. The maximum Gasteiger partial charge on any atom is 0.243 e. The number of nitrogens with one attached hydrogen (secondary N) is 1. The molecule has 0 aliphatic heterocycles. The number of amides is 1. The van der Waals surface area contributed by atoms with Crippen molar-refractivity contribution in [3.8, 4) is 11.3 Å². The lowest BCUT2D eigenvalue weighted by Gasteiger charge is -2.25. The highest BCUT2D eigenvalue weighted by Gasteiger charge is 2.26. The number of rotatable bonds is 6. The Hall–Kier alpha value is -3.42. The molecule has 27 heavy (non-hydrogen) atoms. The second-order valence-corrected chi connectivity index (χ2v) is 6.59. The van der Waals surface area contributed by atoms with Crippen molar-refractivity contribution in [3.05, 3.63) is 65.9 Å². The van der Waals surface area contributed by atoms with E-state index in [-0.39, 0.29) is 18.1 Å². The second kappa shape index (κ2) is 7.45. The van der Waals surface area contributed by atoms with Crippen molar-refractivity contribution in [2.75, 3.05) is 5.32 Å². The van der Waals surface area contributed by atoms with Crippen LogP contribution in [-0.2, 0) is 16.8 Å². The maximum atomic E-state index is 14.0. The van der Waals surface area contributed by atoms with Crippen molar-refractivity contribution < 1.29 is 9.18 Å². The quantitative estimate of drug-likeness (QED) is 0.694. The summed E-state index contributed by atoms with van der Waals surface area (Å²) in [6, 6.07) is 10.2. The molecule has 2 heterocycles. The van der Waals surface area contributed by atoms with Gasteiger partial charge >= 0.3 is 0 Å². The molecule has 0 aliphatic rings. The van der Waals surface area contributed by atoms with Crippen LogP contribution in [0.1, 0.15) is 25.1 Å². The molecule has 0 fully saturated rings.